The maximum absolute atomic E-state index is 11.4. The first-order chi connectivity index (χ1) is 7.13. The summed E-state index contributed by atoms with van der Waals surface area (Å²) in [6.07, 6.45) is 2.49. The lowest BCUT2D eigenvalue weighted by Gasteiger charge is -2.07. The quantitative estimate of drug-likeness (QED) is 0.794. The van der Waals surface area contributed by atoms with Gasteiger partial charge in [0.05, 0.1) is 11.4 Å². The molecule has 0 bridgehead atoms. The Labute approximate surface area is 89.9 Å². The highest BCUT2D eigenvalue weighted by atomic mass is 16.1. The van der Waals surface area contributed by atoms with Gasteiger partial charge in [0.25, 0.3) is 0 Å². The minimum absolute atomic E-state index is 0.0338. The molecule has 0 spiro atoms. The van der Waals surface area contributed by atoms with Gasteiger partial charge in [0.15, 0.2) is 0 Å². The van der Waals surface area contributed by atoms with Crippen LogP contribution in [-0.2, 0) is 4.79 Å². The molecule has 0 atom stereocenters. The fourth-order valence-corrected chi connectivity index (χ4v) is 1.26. The van der Waals surface area contributed by atoms with Crippen LogP contribution in [0.5, 0.6) is 0 Å². The first-order valence-corrected chi connectivity index (χ1v) is 5.16. The number of anilines is 2. The molecule has 0 saturated heterocycles. The molecule has 3 N–H and O–H groups in total. The van der Waals surface area contributed by atoms with Crippen molar-refractivity contribution in [1.82, 2.24) is 4.98 Å². The van der Waals surface area contributed by atoms with Gasteiger partial charge < -0.3 is 11.1 Å². The summed E-state index contributed by atoms with van der Waals surface area (Å²) in [7, 11) is 0. The Bertz CT molecular complexity index is 350. The summed E-state index contributed by atoms with van der Waals surface area (Å²) in [5, 5.41) is 2.82. The van der Waals surface area contributed by atoms with Crippen LogP contribution < -0.4 is 11.1 Å². The van der Waals surface area contributed by atoms with E-state index < -0.39 is 0 Å². The molecule has 4 nitrogen and oxygen atoms in total. The molecule has 0 aliphatic carbocycles. The SMILES string of the molecule is CCCCC(=O)Nc1ccc(N)nc1C. The third kappa shape index (κ3) is 3.58. The molecule has 15 heavy (non-hydrogen) atoms. The van der Waals surface area contributed by atoms with Crippen molar-refractivity contribution in [3.63, 3.8) is 0 Å². The second-order valence-electron chi connectivity index (χ2n) is 3.52. The van der Waals surface area contributed by atoms with Crippen molar-refractivity contribution in [2.75, 3.05) is 11.1 Å². The molecule has 0 fully saturated rings. The van der Waals surface area contributed by atoms with E-state index in [9.17, 15) is 4.79 Å². The van der Waals surface area contributed by atoms with Crippen LogP contribution in [0, 0.1) is 6.92 Å². The van der Waals surface area contributed by atoms with Crippen molar-refractivity contribution in [3.05, 3.63) is 17.8 Å². The van der Waals surface area contributed by atoms with Crippen LogP contribution >= 0.6 is 0 Å². The minimum atomic E-state index is 0.0338. The number of hydrogen-bond acceptors (Lipinski definition) is 3. The van der Waals surface area contributed by atoms with E-state index in [1.165, 1.54) is 0 Å². The van der Waals surface area contributed by atoms with Crippen molar-refractivity contribution in [2.24, 2.45) is 0 Å². The molecule has 4 heteroatoms. The predicted octanol–water partition coefficient (Wildman–Crippen LogP) is 2.10. The lowest BCUT2D eigenvalue weighted by atomic mass is 10.2. The number of nitrogens with zero attached hydrogens (tertiary/aromatic N) is 1. The molecule has 0 radical (unpaired) electrons. The normalized spacial score (nSPS) is 10.0. The average Bonchev–Trinajstić information content (AvgIpc) is 2.19. The standard InChI is InChI=1S/C11H17N3O/c1-3-4-5-11(15)14-9-6-7-10(12)13-8(9)2/h6-7H,3-5H2,1-2H3,(H2,12,13)(H,14,15). The van der Waals surface area contributed by atoms with Gasteiger partial charge in [0, 0.05) is 6.42 Å². The fourth-order valence-electron chi connectivity index (χ4n) is 1.26. The Balaban J connectivity index is 2.60. The number of carbonyl (C=O) groups is 1. The van der Waals surface area contributed by atoms with Crippen LogP contribution in [0.2, 0.25) is 0 Å². The molecule has 1 amide bonds. The number of nitrogens with one attached hydrogen (secondary N) is 1. The summed E-state index contributed by atoms with van der Waals surface area (Å²) in [5.74, 6) is 0.505. The first-order valence-electron chi connectivity index (χ1n) is 5.16. The first kappa shape index (κ1) is 11.5. The topological polar surface area (TPSA) is 68.0 Å². The average molecular weight is 207 g/mol. The van der Waals surface area contributed by atoms with E-state index in [1.807, 2.05) is 6.92 Å². The molecule has 82 valence electrons. The lowest BCUT2D eigenvalue weighted by Crippen LogP contribution is -2.12. The zero-order chi connectivity index (χ0) is 11.3. The van der Waals surface area contributed by atoms with Crippen LogP contribution in [0.1, 0.15) is 31.9 Å². The summed E-state index contributed by atoms with van der Waals surface area (Å²) in [5.41, 5.74) is 7.01. The molecule has 1 rings (SSSR count). The Morgan fingerprint density at radius 1 is 1.53 bits per heavy atom. The maximum atomic E-state index is 11.4. The van der Waals surface area contributed by atoms with E-state index in [0.717, 1.165) is 24.2 Å². The van der Waals surface area contributed by atoms with Crippen LogP contribution in [0.4, 0.5) is 11.5 Å². The molecule has 0 unspecified atom stereocenters. The van der Waals surface area contributed by atoms with Crippen molar-refractivity contribution in [2.45, 2.75) is 33.1 Å². The Morgan fingerprint density at radius 3 is 2.87 bits per heavy atom. The van der Waals surface area contributed by atoms with E-state index in [2.05, 4.69) is 17.2 Å². The largest absolute Gasteiger partial charge is 0.384 e. The highest BCUT2D eigenvalue weighted by Crippen LogP contribution is 2.14. The molecule has 0 aliphatic heterocycles. The van der Waals surface area contributed by atoms with Crippen LogP contribution in [0.15, 0.2) is 12.1 Å². The van der Waals surface area contributed by atoms with Crippen molar-refractivity contribution < 1.29 is 4.79 Å². The Morgan fingerprint density at radius 2 is 2.27 bits per heavy atom. The zero-order valence-corrected chi connectivity index (χ0v) is 9.21. The number of aryl methyl sites for hydroxylation is 1. The van der Waals surface area contributed by atoms with Gasteiger partial charge in [-0.15, -0.1) is 0 Å². The van der Waals surface area contributed by atoms with E-state index in [-0.39, 0.29) is 5.91 Å². The van der Waals surface area contributed by atoms with Gasteiger partial charge in [0.1, 0.15) is 5.82 Å². The van der Waals surface area contributed by atoms with Gasteiger partial charge in [0.2, 0.25) is 5.91 Å². The monoisotopic (exact) mass is 207 g/mol. The van der Waals surface area contributed by atoms with Gasteiger partial charge in [-0.3, -0.25) is 4.79 Å². The zero-order valence-electron chi connectivity index (χ0n) is 9.21. The van der Waals surface area contributed by atoms with E-state index in [1.54, 1.807) is 12.1 Å². The summed E-state index contributed by atoms with van der Waals surface area (Å²) >= 11 is 0. The number of carbonyl (C=O) groups excluding carboxylic acids is 1. The number of unbranched alkanes of at least 4 members (excludes halogenated alkanes) is 1. The molecule has 0 aromatic carbocycles. The van der Waals surface area contributed by atoms with Crippen LogP contribution in [-0.4, -0.2) is 10.9 Å². The van der Waals surface area contributed by atoms with Gasteiger partial charge >= 0.3 is 0 Å². The molecule has 1 aromatic rings. The predicted molar refractivity (Wildman–Crippen MR) is 61.5 cm³/mol. The number of aromatic nitrogens is 1. The Kier molecular flexibility index (Phi) is 4.09. The van der Waals surface area contributed by atoms with Gasteiger partial charge in [-0.1, -0.05) is 13.3 Å². The number of nitrogen functional groups attached to an aromatic ring is 1. The smallest absolute Gasteiger partial charge is 0.224 e. The fraction of sp³-hybridized carbons (Fsp3) is 0.455. The van der Waals surface area contributed by atoms with Gasteiger partial charge in [-0.25, -0.2) is 4.98 Å². The molecule has 1 heterocycles. The maximum Gasteiger partial charge on any atom is 0.224 e. The van der Waals surface area contributed by atoms with E-state index in [4.69, 9.17) is 5.73 Å². The summed E-state index contributed by atoms with van der Waals surface area (Å²) in [6.45, 7) is 3.88. The third-order valence-electron chi connectivity index (χ3n) is 2.14. The van der Waals surface area contributed by atoms with Gasteiger partial charge in [-0.2, -0.15) is 0 Å². The molecule has 1 aromatic heterocycles. The summed E-state index contributed by atoms with van der Waals surface area (Å²) in [4.78, 5) is 15.5. The number of amides is 1. The number of nitrogens with two attached hydrogens (primary N) is 1. The molecule has 0 saturated carbocycles. The third-order valence-corrected chi connectivity index (χ3v) is 2.14. The molecule has 0 aliphatic rings. The Hall–Kier alpha value is -1.58. The lowest BCUT2D eigenvalue weighted by molar-refractivity contribution is -0.116. The number of pyridine rings is 1. The van der Waals surface area contributed by atoms with Gasteiger partial charge in [-0.05, 0) is 25.5 Å². The van der Waals surface area contributed by atoms with Crippen molar-refractivity contribution in [3.8, 4) is 0 Å². The van der Waals surface area contributed by atoms with E-state index >= 15 is 0 Å². The molecular formula is C11H17N3O. The highest BCUT2D eigenvalue weighted by Gasteiger charge is 2.04. The molecular weight excluding hydrogens is 190 g/mol. The second-order valence-corrected chi connectivity index (χ2v) is 3.52. The van der Waals surface area contributed by atoms with Crippen molar-refractivity contribution >= 4 is 17.4 Å². The number of rotatable bonds is 4. The minimum Gasteiger partial charge on any atom is -0.384 e. The number of hydrogen-bond donors (Lipinski definition) is 2. The summed E-state index contributed by atoms with van der Waals surface area (Å²) < 4.78 is 0. The second kappa shape index (κ2) is 5.34. The van der Waals surface area contributed by atoms with E-state index in [0.29, 0.717) is 12.2 Å². The summed E-state index contributed by atoms with van der Waals surface area (Å²) in [6, 6.07) is 3.46. The van der Waals surface area contributed by atoms with Crippen LogP contribution in [0.25, 0.3) is 0 Å². The van der Waals surface area contributed by atoms with Crippen LogP contribution in [0.3, 0.4) is 0 Å². The highest BCUT2D eigenvalue weighted by molar-refractivity contribution is 5.91. The van der Waals surface area contributed by atoms with Crippen molar-refractivity contribution in [1.29, 1.82) is 0 Å².